The van der Waals surface area contributed by atoms with Gasteiger partial charge >= 0.3 is 0 Å². The lowest BCUT2D eigenvalue weighted by atomic mass is 10.2. The first-order valence-electron chi connectivity index (χ1n) is 4.99. The lowest BCUT2D eigenvalue weighted by Crippen LogP contribution is -2.11. The Morgan fingerprint density at radius 1 is 1.13 bits per heavy atom. The summed E-state index contributed by atoms with van der Waals surface area (Å²) in [6.07, 6.45) is -0.317. The minimum atomic E-state index is -1.05. The molecule has 15 heavy (non-hydrogen) atoms. The minimum Gasteiger partial charge on any atom is -0.547 e. The van der Waals surface area contributed by atoms with Gasteiger partial charge in [-0.3, -0.25) is 0 Å². The van der Waals surface area contributed by atoms with Crippen molar-refractivity contribution in [2.75, 3.05) is 14.2 Å². The number of hydrogen-bond acceptors (Lipinski definition) is 3. The summed E-state index contributed by atoms with van der Waals surface area (Å²) in [6, 6.07) is 7.84. The lowest BCUT2D eigenvalue weighted by molar-refractivity contribution is -0.106. The molecule has 0 unspecified atom stereocenters. The smallest absolute Gasteiger partial charge is 0.229 e. The van der Waals surface area contributed by atoms with Gasteiger partial charge in [-0.1, -0.05) is 12.1 Å². The Morgan fingerprint density at radius 3 is 2.33 bits per heavy atom. The van der Waals surface area contributed by atoms with Crippen molar-refractivity contribution in [2.24, 2.45) is 0 Å². The van der Waals surface area contributed by atoms with Crippen LogP contribution in [0.3, 0.4) is 0 Å². The number of hydrogen-bond donors (Lipinski definition) is 0. The Balaban J connectivity index is 2.81. The fraction of sp³-hybridized carbons (Fsp3) is 0.455. The Bertz CT molecular complexity index is 298. The average molecular weight is 226 g/mol. The van der Waals surface area contributed by atoms with E-state index in [1.165, 1.54) is 0 Å². The first-order valence-corrected chi connectivity index (χ1v) is 7.77. The van der Waals surface area contributed by atoms with Gasteiger partial charge in [-0.05, 0) is 25.2 Å². The van der Waals surface area contributed by atoms with Crippen LogP contribution in [0, 0.1) is 0 Å². The van der Waals surface area contributed by atoms with E-state index in [1.807, 2.05) is 24.3 Å². The summed E-state index contributed by atoms with van der Waals surface area (Å²) in [5.74, 6) is 0.897. The molecule has 4 heteroatoms. The molecule has 0 radical (unpaired) electrons. The monoisotopic (exact) mass is 226 g/mol. The third-order valence-corrected chi connectivity index (χ3v) is 2.67. The second-order valence-electron chi connectivity index (χ2n) is 3.54. The second-order valence-corrected chi connectivity index (χ2v) is 5.88. The van der Waals surface area contributed by atoms with Gasteiger partial charge in [-0.15, -0.1) is 0 Å². The maximum absolute atomic E-state index is 5.72. The number of rotatable bonds is 5. The molecule has 1 aromatic carbocycles. The van der Waals surface area contributed by atoms with Crippen molar-refractivity contribution in [3.8, 4) is 5.75 Å². The summed E-state index contributed by atoms with van der Waals surface area (Å²) in [6.45, 7) is 4.27. The fourth-order valence-corrected chi connectivity index (χ4v) is 2.07. The van der Waals surface area contributed by atoms with Crippen molar-refractivity contribution in [3.63, 3.8) is 0 Å². The van der Waals surface area contributed by atoms with Crippen LogP contribution in [0.4, 0.5) is 0 Å². The van der Waals surface area contributed by atoms with Crippen molar-refractivity contribution in [1.29, 1.82) is 0 Å². The summed E-state index contributed by atoms with van der Waals surface area (Å²) < 4.78 is 16.1. The molecule has 0 aromatic heterocycles. The first-order chi connectivity index (χ1) is 7.17. The standard InChI is InChI=1S/C11H18O3Si/c1-12-11(13-2)9-6-5-7-10(8-9)14-15(3)4/h5-8,11,15H,1-4H3. The third kappa shape index (κ3) is 3.66. The maximum atomic E-state index is 5.72. The molecule has 3 nitrogen and oxygen atoms in total. The van der Waals surface area contributed by atoms with Gasteiger partial charge in [-0.25, -0.2) is 0 Å². The van der Waals surface area contributed by atoms with E-state index < -0.39 is 9.04 Å². The average Bonchev–Trinajstić information content (AvgIpc) is 2.19. The summed E-state index contributed by atoms with van der Waals surface area (Å²) in [5.41, 5.74) is 0.979. The quantitative estimate of drug-likeness (QED) is 0.570. The van der Waals surface area contributed by atoms with Crippen LogP contribution < -0.4 is 4.43 Å². The molecule has 0 spiro atoms. The van der Waals surface area contributed by atoms with Crippen molar-refractivity contribution >= 4 is 9.04 Å². The van der Waals surface area contributed by atoms with E-state index in [2.05, 4.69) is 13.1 Å². The molecule has 0 atom stereocenters. The molecular weight excluding hydrogens is 208 g/mol. The molecule has 1 rings (SSSR count). The van der Waals surface area contributed by atoms with Gasteiger partial charge in [0, 0.05) is 19.8 Å². The molecule has 0 aliphatic carbocycles. The van der Waals surface area contributed by atoms with Gasteiger partial charge in [0.15, 0.2) is 6.29 Å². The second kappa shape index (κ2) is 5.90. The predicted molar refractivity (Wildman–Crippen MR) is 62.7 cm³/mol. The highest BCUT2D eigenvalue weighted by Gasteiger charge is 2.09. The van der Waals surface area contributed by atoms with Gasteiger partial charge in [0.1, 0.15) is 5.75 Å². The number of benzene rings is 1. The molecule has 0 aliphatic rings. The van der Waals surface area contributed by atoms with Crippen molar-refractivity contribution < 1.29 is 13.9 Å². The highest BCUT2D eigenvalue weighted by atomic mass is 28.3. The zero-order valence-corrected chi connectivity index (χ0v) is 10.8. The van der Waals surface area contributed by atoms with Gasteiger partial charge in [0.25, 0.3) is 0 Å². The van der Waals surface area contributed by atoms with Crippen molar-refractivity contribution in [2.45, 2.75) is 19.4 Å². The van der Waals surface area contributed by atoms with E-state index in [0.29, 0.717) is 0 Å². The lowest BCUT2D eigenvalue weighted by Gasteiger charge is -2.15. The van der Waals surface area contributed by atoms with Crippen LogP contribution in [-0.4, -0.2) is 23.3 Å². The zero-order valence-electron chi connectivity index (χ0n) is 9.69. The van der Waals surface area contributed by atoms with Crippen LogP contribution in [0.2, 0.25) is 13.1 Å². The molecule has 0 amide bonds. The maximum Gasteiger partial charge on any atom is 0.229 e. The summed E-state index contributed by atoms with van der Waals surface area (Å²) in [4.78, 5) is 0. The third-order valence-electron chi connectivity index (χ3n) is 1.93. The van der Waals surface area contributed by atoms with Gasteiger partial charge in [0.2, 0.25) is 9.04 Å². The molecule has 0 aliphatic heterocycles. The van der Waals surface area contributed by atoms with Crippen LogP contribution >= 0.6 is 0 Å². The Morgan fingerprint density at radius 2 is 1.80 bits per heavy atom. The highest BCUT2D eigenvalue weighted by Crippen LogP contribution is 2.22. The van der Waals surface area contributed by atoms with Crippen LogP contribution in [0.1, 0.15) is 11.9 Å². The first kappa shape index (κ1) is 12.2. The summed E-state index contributed by atoms with van der Waals surface area (Å²) >= 11 is 0. The SMILES string of the molecule is COC(OC)c1cccc(O[SiH](C)C)c1. The van der Waals surface area contributed by atoms with E-state index in [9.17, 15) is 0 Å². The molecule has 0 heterocycles. The van der Waals surface area contributed by atoms with Gasteiger partial charge in [0.05, 0.1) is 0 Å². The Labute approximate surface area is 92.7 Å². The van der Waals surface area contributed by atoms with E-state index in [0.717, 1.165) is 11.3 Å². The highest BCUT2D eigenvalue weighted by molar-refractivity contribution is 6.49. The van der Waals surface area contributed by atoms with E-state index in [1.54, 1.807) is 14.2 Å². The Hall–Kier alpha value is -0.843. The van der Waals surface area contributed by atoms with Gasteiger partial charge in [-0.2, -0.15) is 0 Å². The number of ether oxygens (including phenoxy) is 2. The molecule has 0 fully saturated rings. The molecular formula is C11H18O3Si. The molecule has 84 valence electrons. The molecule has 0 N–H and O–H groups in total. The predicted octanol–water partition coefficient (Wildman–Crippen LogP) is 2.34. The van der Waals surface area contributed by atoms with E-state index in [4.69, 9.17) is 13.9 Å². The van der Waals surface area contributed by atoms with Crippen LogP contribution in [0.15, 0.2) is 24.3 Å². The molecule has 0 saturated carbocycles. The van der Waals surface area contributed by atoms with Gasteiger partial charge < -0.3 is 13.9 Å². The topological polar surface area (TPSA) is 27.7 Å². The van der Waals surface area contributed by atoms with Crippen LogP contribution in [0.25, 0.3) is 0 Å². The molecule has 0 bridgehead atoms. The minimum absolute atomic E-state index is 0.317. The van der Waals surface area contributed by atoms with Crippen LogP contribution in [0.5, 0.6) is 5.75 Å². The van der Waals surface area contributed by atoms with Crippen molar-refractivity contribution in [1.82, 2.24) is 0 Å². The number of methoxy groups -OCH3 is 2. The summed E-state index contributed by atoms with van der Waals surface area (Å²) in [7, 11) is 2.20. The molecule has 0 saturated heterocycles. The summed E-state index contributed by atoms with van der Waals surface area (Å²) in [5, 5.41) is 0. The molecule has 1 aromatic rings. The van der Waals surface area contributed by atoms with E-state index >= 15 is 0 Å². The zero-order chi connectivity index (χ0) is 11.3. The Kier molecular flexibility index (Phi) is 4.81. The fourth-order valence-electron chi connectivity index (χ4n) is 1.38. The van der Waals surface area contributed by atoms with E-state index in [-0.39, 0.29) is 6.29 Å². The van der Waals surface area contributed by atoms with Crippen molar-refractivity contribution in [3.05, 3.63) is 29.8 Å². The largest absolute Gasteiger partial charge is 0.547 e. The normalized spacial score (nSPS) is 11.1. The van der Waals surface area contributed by atoms with Crippen LogP contribution in [-0.2, 0) is 9.47 Å².